The zero-order chi connectivity index (χ0) is 15.4. The standard InChI is InChI=1S/C15H20N2O4/c1-10-5-3-2-4-6-12(10)16-13-9-11(15(18)19)7-8-14(13)17(20)21/h7-10,12,16H,2-6H2,1H3,(H,18,19). The van der Waals surface area contributed by atoms with Crippen LogP contribution in [0.15, 0.2) is 18.2 Å². The summed E-state index contributed by atoms with van der Waals surface area (Å²) in [5.74, 6) is -0.664. The van der Waals surface area contributed by atoms with Gasteiger partial charge >= 0.3 is 5.97 Å². The zero-order valence-corrected chi connectivity index (χ0v) is 12.0. The van der Waals surface area contributed by atoms with E-state index in [1.165, 1.54) is 31.0 Å². The predicted octanol–water partition coefficient (Wildman–Crippen LogP) is 3.67. The summed E-state index contributed by atoms with van der Waals surface area (Å²) in [5.41, 5.74) is 0.291. The van der Waals surface area contributed by atoms with Gasteiger partial charge in [0.2, 0.25) is 0 Å². The van der Waals surface area contributed by atoms with E-state index in [1.807, 2.05) is 0 Å². The summed E-state index contributed by atoms with van der Waals surface area (Å²) in [6, 6.07) is 4.03. The fraction of sp³-hybridized carbons (Fsp3) is 0.533. The Labute approximate surface area is 123 Å². The molecule has 1 aliphatic carbocycles. The molecule has 2 rings (SSSR count). The second-order valence-electron chi connectivity index (χ2n) is 5.66. The molecule has 6 nitrogen and oxygen atoms in total. The van der Waals surface area contributed by atoms with Crippen LogP contribution in [0.5, 0.6) is 0 Å². The van der Waals surface area contributed by atoms with Crippen molar-refractivity contribution in [2.75, 3.05) is 5.32 Å². The molecule has 0 aromatic heterocycles. The van der Waals surface area contributed by atoms with Crippen molar-refractivity contribution in [1.29, 1.82) is 0 Å². The van der Waals surface area contributed by atoms with Crippen molar-refractivity contribution in [2.24, 2.45) is 5.92 Å². The number of nitrogens with zero attached hydrogens (tertiary/aromatic N) is 1. The summed E-state index contributed by atoms with van der Waals surface area (Å²) in [7, 11) is 0. The minimum absolute atomic E-state index is 0.0596. The first kappa shape index (κ1) is 15.3. The normalized spacial score (nSPS) is 22.3. The molecule has 0 saturated heterocycles. The summed E-state index contributed by atoms with van der Waals surface area (Å²) in [6.45, 7) is 2.13. The van der Waals surface area contributed by atoms with Crippen LogP contribution in [-0.4, -0.2) is 22.0 Å². The van der Waals surface area contributed by atoms with E-state index in [9.17, 15) is 14.9 Å². The van der Waals surface area contributed by atoms with Gasteiger partial charge in [0, 0.05) is 12.1 Å². The number of hydrogen-bond acceptors (Lipinski definition) is 4. The lowest BCUT2D eigenvalue weighted by molar-refractivity contribution is -0.384. The van der Waals surface area contributed by atoms with Gasteiger partial charge < -0.3 is 10.4 Å². The van der Waals surface area contributed by atoms with Gasteiger partial charge in [-0.3, -0.25) is 10.1 Å². The first-order valence-electron chi connectivity index (χ1n) is 7.27. The van der Waals surface area contributed by atoms with Crippen LogP contribution in [0.3, 0.4) is 0 Å². The highest BCUT2D eigenvalue weighted by atomic mass is 16.6. The Morgan fingerprint density at radius 2 is 2.05 bits per heavy atom. The Balaban J connectivity index is 2.29. The number of carboxylic acids is 1. The van der Waals surface area contributed by atoms with Crippen molar-refractivity contribution in [3.63, 3.8) is 0 Å². The first-order chi connectivity index (χ1) is 9.99. The second kappa shape index (κ2) is 6.56. The van der Waals surface area contributed by atoms with Crippen LogP contribution in [0.4, 0.5) is 11.4 Å². The van der Waals surface area contributed by atoms with Crippen LogP contribution in [-0.2, 0) is 0 Å². The molecule has 2 N–H and O–H groups in total. The third-order valence-corrected chi connectivity index (χ3v) is 4.14. The maximum atomic E-state index is 11.1. The second-order valence-corrected chi connectivity index (χ2v) is 5.66. The maximum Gasteiger partial charge on any atom is 0.335 e. The smallest absolute Gasteiger partial charge is 0.335 e. The Hall–Kier alpha value is -2.11. The topological polar surface area (TPSA) is 92.5 Å². The molecule has 1 aromatic carbocycles. The fourth-order valence-electron chi connectivity index (χ4n) is 2.85. The van der Waals surface area contributed by atoms with E-state index in [4.69, 9.17) is 5.11 Å². The predicted molar refractivity (Wildman–Crippen MR) is 79.7 cm³/mol. The molecular weight excluding hydrogens is 272 g/mol. The number of rotatable bonds is 4. The number of aromatic carboxylic acids is 1. The quantitative estimate of drug-likeness (QED) is 0.501. The van der Waals surface area contributed by atoms with Crippen molar-refractivity contribution in [3.05, 3.63) is 33.9 Å². The highest BCUT2D eigenvalue weighted by Gasteiger charge is 2.24. The summed E-state index contributed by atoms with van der Waals surface area (Å²) in [5, 5.41) is 23.4. The van der Waals surface area contributed by atoms with Crippen LogP contribution in [0.2, 0.25) is 0 Å². The molecule has 1 aliphatic rings. The van der Waals surface area contributed by atoms with Gasteiger partial charge in [-0.25, -0.2) is 4.79 Å². The molecule has 0 radical (unpaired) electrons. The third-order valence-electron chi connectivity index (χ3n) is 4.14. The number of nitro benzene ring substituents is 1. The van der Waals surface area contributed by atoms with Crippen molar-refractivity contribution < 1.29 is 14.8 Å². The molecule has 0 heterocycles. The minimum Gasteiger partial charge on any atom is -0.478 e. The molecule has 0 amide bonds. The van der Waals surface area contributed by atoms with Gasteiger partial charge in [-0.05, 0) is 30.9 Å². The molecule has 21 heavy (non-hydrogen) atoms. The average molecular weight is 292 g/mol. The lowest BCUT2D eigenvalue weighted by Gasteiger charge is -2.24. The Bertz CT molecular complexity index is 544. The minimum atomic E-state index is -1.08. The van der Waals surface area contributed by atoms with Gasteiger partial charge in [-0.2, -0.15) is 0 Å². The van der Waals surface area contributed by atoms with Crippen LogP contribution in [0.1, 0.15) is 49.4 Å². The van der Waals surface area contributed by atoms with Gasteiger partial charge in [0.05, 0.1) is 10.5 Å². The number of benzene rings is 1. The lowest BCUT2D eigenvalue weighted by Crippen LogP contribution is -2.26. The molecule has 2 atom stereocenters. The van der Waals surface area contributed by atoms with Gasteiger partial charge in [0.25, 0.3) is 5.69 Å². The highest BCUT2D eigenvalue weighted by Crippen LogP contribution is 2.31. The van der Waals surface area contributed by atoms with Gasteiger partial charge in [0.15, 0.2) is 0 Å². The van der Waals surface area contributed by atoms with Crippen molar-refractivity contribution in [3.8, 4) is 0 Å². The maximum absolute atomic E-state index is 11.1. The Morgan fingerprint density at radius 3 is 2.71 bits per heavy atom. The highest BCUT2D eigenvalue weighted by molar-refractivity contribution is 5.90. The number of anilines is 1. The largest absolute Gasteiger partial charge is 0.478 e. The van der Waals surface area contributed by atoms with E-state index in [0.717, 1.165) is 19.3 Å². The monoisotopic (exact) mass is 292 g/mol. The van der Waals surface area contributed by atoms with Gasteiger partial charge in [0.1, 0.15) is 5.69 Å². The fourth-order valence-corrected chi connectivity index (χ4v) is 2.85. The molecule has 1 aromatic rings. The molecule has 1 fully saturated rings. The number of nitrogens with one attached hydrogen (secondary N) is 1. The van der Waals surface area contributed by atoms with E-state index in [-0.39, 0.29) is 17.3 Å². The van der Waals surface area contributed by atoms with Crippen molar-refractivity contribution in [1.82, 2.24) is 0 Å². The van der Waals surface area contributed by atoms with E-state index in [0.29, 0.717) is 11.6 Å². The Morgan fingerprint density at radius 1 is 1.33 bits per heavy atom. The number of carbonyl (C=O) groups is 1. The van der Waals surface area contributed by atoms with E-state index < -0.39 is 10.9 Å². The molecule has 0 aliphatic heterocycles. The first-order valence-corrected chi connectivity index (χ1v) is 7.27. The third kappa shape index (κ3) is 3.71. The molecule has 0 bridgehead atoms. The van der Waals surface area contributed by atoms with Crippen molar-refractivity contribution >= 4 is 17.3 Å². The van der Waals surface area contributed by atoms with E-state index in [1.54, 1.807) is 0 Å². The molecule has 1 saturated carbocycles. The number of carboxylic acid groups (broad SMARTS) is 1. The Kier molecular flexibility index (Phi) is 4.77. The average Bonchev–Trinajstić information content (AvgIpc) is 2.64. The van der Waals surface area contributed by atoms with Crippen LogP contribution in [0.25, 0.3) is 0 Å². The van der Waals surface area contributed by atoms with E-state index in [2.05, 4.69) is 12.2 Å². The van der Waals surface area contributed by atoms with Crippen LogP contribution < -0.4 is 5.32 Å². The molecule has 114 valence electrons. The van der Waals surface area contributed by atoms with Gasteiger partial charge in [-0.15, -0.1) is 0 Å². The molecule has 2 unspecified atom stereocenters. The molecule has 6 heteroatoms. The summed E-state index contributed by atoms with van der Waals surface area (Å²) < 4.78 is 0. The molecule has 0 spiro atoms. The molecular formula is C15H20N2O4. The van der Waals surface area contributed by atoms with Crippen molar-refractivity contribution in [2.45, 2.75) is 45.1 Å². The van der Waals surface area contributed by atoms with Crippen LogP contribution >= 0.6 is 0 Å². The number of hydrogen-bond donors (Lipinski definition) is 2. The SMILES string of the molecule is CC1CCCCCC1Nc1cc(C(=O)O)ccc1[N+](=O)[O-]. The van der Waals surface area contributed by atoms with Crippen LogP contribution in [0, 0.1) is 16.0 Å². The van der Waals surface area contributed by atoms with E-state index >= 15 is 0 Å². The zero-order valence-electron chi connectivity index (χ0n) is 12.0. The summed E-state index contributed by atoms with van der Waals surface area (Å²) in [6.07, 6.45) is 5.49. The lowest BCUT2D eigenvalue weighted by atomic mass is 9.96. The van der Waals surface area contributed by atoms with Gasteiger partial charge in [-0.1, -0.05) is 26.2 Å². The summed E-state index contributed by atoms with van der Waals surface area (Å²) >= 11 is 0. The number of nitro groups is 1. The summed E-state index contributed by atoms with van der Waals surface area (Å²) in [4.78, 5) is 21.7.